The Balaban J connectivity index is 2.01. The van der Waals surface area contributed by atoms with Crippen molar-refractivity contribution < 1.29 is 15.0 Å². The Morgan fingerprint density at radius 1 is 1.45 bits per heavy atom. The van der Waals surface area contributed by atoms with E-state index in [1.165, 1.54) is 0 Å². The quantitative estimate of drug-likeness (QED) is 0.580. The second kappa shape index (κ2) is 1.78. The Morgan fingerprint density at radius 3 is 2.27 bits per heavy atom. The zero-order valence-electron chi connectivity index (χ0n) is 6.45. The van der Waals surface area contributed by atoms with Gasteiger partial charge in [0.2, 0.25) is 0 Å². The maximum Gasteiger partial charge on any atom is 0.307 e. The van der Waals surface area contributed by atoms with E-state index < -0.39 is 11.6 Å². The summed E-state index contributed by atoms with van der Waals surface area (Å²) < 4.78 is 0. The molecule has 0 spiro atoms. The molecular weight excluding hydrogens is 144 g/mol. The highest BCUT2D eigenvalue weighted by atomic mass is 16.4. The second-order valence-corrected chi connectivity index (χ2v) is 4.10. The van der Waals surface area contributed by atoms with Gasteiger partial charge in [-0.05, 0) is 31.6 Å². The Morgan fingerprint density at radius 2 is 1.91 bits per heavy atom. The number of fused-ring (bicyclic) bond motifs is 1. The van der Waals surface area contributed by atoms with Crippen LogP contribution >= 0.6 is 0 Å². The topological polar surface area (TPSA) is 57.5 Å². The van der Waals surface area contributed by atoms with Gasteiger partial charge in [-0.25, -0.2) is 0 Å². The first kappa shape index (κ1) is 7.10. The molecule has 2 N–H and O–H groups in total. The Labute approximate surface area is 65.0 Å². The van der Waals surface area contributed by atoms with Gasteiger partial charge in [0.05, 0.1) is 11.5 Å². The summed E-state index contributed by atoms with van der Waals surface area (Å²) in [6.07, 6.45) is 1.35. The van der Waals surface area contributed by atoms with E-state index in [1.807, 2.05) is 0 Å². The van der Waals surface area contributed by atoms with Crippen LogP contribution in [0, 0.1) is 17.8 Å². The van der Waals surface area contributed by atoms with Gasteiger partial charge >= 0.3 is 5.97 Å². The van der Waals surface area contributed by atoms with E-state index in [0.717, 1.165) is 0 Å². The van der Waals surface area contributed by atoms with Crippen molar-refractivity contribution in [3.8, 4) is 0 Å². The van der Waals surface area contributed by atoms with Gasteiger partial charge in [-0.3, -0.25) is 4.79 Å². The maximum absolute atomic E-state index is 10.5. The van der Waals surface area contributed by atoms with E-state index >= 15 is 0 Å². The van der Waals surface area contributed by atoms with Crippen LogP contribution in [0.15, 0.2) is 0 Å². The molecule has 0 amide bonds. The summed E-state index contributed by atoms with van der Waals surface area (Å²) in [6.45, 7) is 1.79. The number of hydrogen-bond donors (Lipinski definition) is 2. The number of rotatable bonds is 1. The SMILES string of the molecule is CC1(O)CC2C(C1)C2C(=O)O. The first-order valence-corrected chi connectivity index (χ1v) is 3.96. The molecule has 2 unspecified atom stereocenters. The normalized spacial score (nSPS) is 53.8. The zero-order valence-corrected chi connectivity index (χ0v) is 6.45. The number of carboxylic acids is 1. The molecule has 11 heavy (non-hydrogen) atoms. The van der Waals surface area contributed by atoms with Crippen LogP contribution < -0.4 is 0 Å². The first-order valence-electron chi connectivity index (χ1n) is 3.96. The maximum atomic E-state index is 10.5. The fourth-order valence-electron chi connectivity index (χ4n) is 2.47. The molecule has 0 aliphatic heterocycles. The monoisotopic (exact) mass is 156 g/mol. The number of carboxylic acid groups (broad SMARTS) is 1. The zero-order chi connectivity index (χ0) is 8.22. The molecular formula is C8H12O3. The number of aliphatic carboxylic acids is 1. The van der Waals surface area contributed by atoms with Gasteiger partial charge in [0, 0.05) is 0 Å². The van der Waals surface area contributed by atoms with E-state index in [9.17, 15) is 9.90 Å². The summed E-state index contributed by atoms with van der Waals surface area (Å²) in [5, 5.41) is 18.1. The van der Waals surface area contributed by atoms with Gasteiger partial charge in [0.25, 0.3) is 0 Å². The molecule has 0 heterocycles. The smallest absolute Gasteiger partial charge is 0.307 e. The molecule has 2 fully saturated rings. The molecule has 2 aliphatic carbocycles. The van der Waals surface area contributed by atoms with Crippen LogP contribution in [0.3, 0.4) is 0 Å². The Bertz CT molecular complexity index is 195. The lowest BCUT2D eigenvalue weighted by atomic mass is 9.97. The van der Waals surface area contributed by atoms with Gasteiger partial charge in [-0.15, -0.1) is 0 Å². The van der Waals surface area contributed by atoms with Crippen LogP contribution in [-0.2, 0) is 4.79 Å². The number of aliphatic hydroxyl groups is 1. The van der Waals surface area contributed by atoms with Gasteiger partial charge in [-0.2, -0.15) is 0 Å². The van der Waals surface area contributed by atoms with Crippen LogP contribution in [-0.4, -0.2) is 21.8 Å². The Hall–Kier alpha value is -0.570. The third-order valence-corrected chi connectivity index (χ3v) is 2.97. The second-order valence-electron chi connectivity index (χ2n) is 4.10. The van der Waals surface area contributed by atoms with E-state index in [1.54, 1.807) is 6.92 Å². The molecule has 0 aromatic carbocycles. The molecule has 0 radical (unpaired) electrons. The molecule has 2 atom stereocenters. The fraction of sp³-hybridized carbons (Fsp3) is 0.875. The minimum absolute atomic E-state index is 0.143. The molecule has 0 bridgehead atoms. The predicted octanol–water partition coefficient (Wildman–Crippen LogP) is 0.478. The minimum Gasteiger partial charge on any atom is -0.481 e. The van der Waals surface area contributed by atoms with Crippen molar-refractivity contribution in [3.05, 3.63) is 0 Å². The molecule has 0 aromatic heterocycles. The van der Waals surface area contributed by atoms with Crippen molar-refractivity contribution in [2.75, 3.05) is 0 Å². The minimum atomic E-state index is -0.685. The summed E-state index contributed by atoms with van der Waals surface area (Å²) in [4.78, 5) is 10.5. The summed E-state index contributed by atoms with van der Waals surface area (Å²) in [5.74, 6) is -0.296. The first-order chi connectivity index (χ1) is 5.01. The van der Waals surface area contributed by atoms with Crippen LogP contribution in [0.2, 0.25) is 0 Å². The fourth-order valence-corrected chi connectivity index (χ4v) is 2.47. The molecule has 2 rings (SSSR count). The van der Waals surface area contributed by atoms with Crippen molar-refractivity contribution in [1.82, 2.24) is 0 Å². The van der Waals surface area contributed by atoms with Crippen LogP contribution in [0.1, 0.15) is 19.8 Å². The lowest BCUT2D eigenvalue weighted by molar-refractivity contribution is -0.139. The van der Waals surface area contributed by atoms with E-state index in [4.69, 9.17) is 5.11 Å². The summed E-state index contributed by atoms with van der Waals surface area (Å²) >= 11 is 0. The van der Waals surface area contributed by atoms with Crippen molar-refractivity contribution in [2.24, 2.45) is 17.8 Å². The molecule has 62 valence electrons. The summed E-state index contributed by atoms with van der Waals surface area (Å²) in [7, 11) is 0. The molecule has 3 nitrogen and oxygen atoms in total. The highest BCUT2D eigenvalue weighted by molar-refractivity contribution is 5.74. The number of carbonyl (C=O) groups is 1. The van der Waals surface area contributed by atoms with E-state index in [2.05, 4.69) is 0 Å². The molecule has 2 saturated carbocycles. The standard InChI is InChI=1S/C8H12O3/c1-8(11)2-4-5(3-8)6(4)7(9)10/h4-6,11H,2-3H2,1H3,(H,9,10). The van der Waals surface area contributed by atoms with Gasteiger partial charge in [0.15, 0.2) is 0 Å². The third kappa shape index (κ3) is 0.948. The van der Waals surface area contributed by atoms with Crippen LogP contribution in [0.5, 0.6) is 0 Å². The van der Waals surface area contributed by atoms with Crippen LogP contribution in [0.25, 0.3) is 0 Å². The molecule has 0 saturated heterocycles. The van der Waals surface area contributed by atoms with Gasteiger partial charge in [0.1, 0.15) is 0 Å². The van der Waals surface area contributed by atoms with Crippen molar-refractivity contribution in [2.45, 2.75) is 25.4 Å². The van der Waals surface area contributed by atoms with Gasteiger partial charge in [-0.1, -0.05) is 0 Å². The third-order valence-electron chi connectivity index (χ3n) is 2.97. The summed E-state index contributed by atoms with van der Waals surface area (Å²) in [5.41, 5.74) is -0.582. The Kier molecular flexibility index (Phi) is 1.15. The number of hydrogen-bond acceptors (Lipinski definition) is 2. The highest BCUT2D eigenvalue weighted by Crippen LogP contribution is 2.60. The average Bonchev–Trinajstić information content (AvgIpc) is 2.31. The average molecular weight is 156 g/mol. The summed E-state index contributed by atoms with van der Waals surface area (Å²) in [6, 6.07) is 0. The van der Waals surface area contributed by atoms with Crippen molar-refractivity contribution >= 4 is 5.97 Å². The highest BCUT2D eigenvalue weighted by Gasteiger charge is 2.62. The lowest BCUT2D eigenvalue weighted by Crippen LogP contribution is -2.23. The lowest BCUT2D eigenvalue weighted by Gasteiger charge is -2.18. The van der Waals surface area contributed by atoms with E-state index in [0.29, 0.717) is 12.8 Å². The predicted molar refractivity (Wildman–Crippen MR) is 38.0 cm³/mol. The van der Waals surface area contributed by atoms with Crippen LogP contribution in [0.4, 0.5) is 0 Å². The van der Waals surface area contributed by atoms with Gasteiger partial charge < -0.3 is 10.2 Å². The molecule has 3 heteroatoms. The van der Waals surface area contributed by atoms with E-state index in [-0.39, 0.29) is 17.8 Å². The largest absolute Gasteiger partial charge is 0.481 e. The van der Waals surface area contributed by atoms with Crippen molar-refractivity contribution in [3.63, 3.8) is 0 Å². The van der Waals surface area contributed by atoms with Crippen molar-refractivity contribution in [1.29, 1.82) is 0 Å². The molecule has 2 aliphatic rings. The molecule has 0 aromatic rings.